The highest BCUT2D eigenvalue weighted by Crippen LogP contribution is 2.21. The fraction of sp³-hybridized carbons (Fsp3) is 0.111. The van der Waals surface area contributed by atoms with E-state index in [-0.39, 0.29) is 6.54 Å². The normalized spacial score (nSPS) is 9.14. The van der Waals surface area contributed by atoms with Crippen LogP contribution in [-0.2, 0) is 0 Å². The van der Waals surface area contributed by atoms with E-state index in [2.05, 4.69) is 11.2 Å². The first-order valence-corrected chi connectivity index (χ1v) is 3.76. The molecule has 0 aromatic heterocycles. The van der Waals surface area contributed by atoms with Crippen LogP contribution in [-0.4, -0.2) is 11.5 Å². The van der Waals surface area contributed by atoms with Gasteiger partial charge in [-0.2, -0.15) is 4.39 Å². The largest absolute Gasteiger partial charge is 0.374 e. The lowest BCUT2D eigenvalue weighted by Gasteiger charge is -2.01. The molecule has 0 bridgehead atoms. The predicted molar refractivity (Wildman–Crippen MR) is 50.4 cm³/mol. The second-order valence-corrected chi connectivity index (χ2v) is 2.48. The Bertz CT molecular complexity index is 398. The third-order valence-electron chi connectivity index (χ3n) is 1.54. The highest BCUT2D eigenvalue weighted by Gasteiger charge is 2.13. The van der Waals surface area contributed by atoms with Crippen molar-refractivity contribution in [1.82, 2.24) is 0 Å². The number of anilines is 1. The van der Waals surface area contributed by atoms with Crippen LogP contribution in [0.2, 0.25) is 0 Å². The van der Waals surface area contributed by atoms with Crippen LogP contribution < -0.4 is 5.32 Å². The first-order chi connectivity index (χ1) is 6.65. The fourth-order valence-corrected chi connectivity index (χ4v) is 0.916. The quantitative estimate of drug-likeness (QED) is 0.453. The van der Waals surface area contributed by atoms with Crippen LogP contribution in [0.3, 0.4) is 0 Å². The SMILES string of the molecule is C#CCNc1ccc(F)c([N+](=O)[O-])c1. The van der Waals surface area contributed by atoms with Gasteiger partial charge >= 0.3 is 5.69 Å². The Kier molecular flexibility index (Phi) is 3.02. The maximum absolute atomic E-state index is 12.8. The summed E-state index contributed by atoms with van der Waals surface area (Å²) in [6, 6.07) is 3.52. The minimum absolute atomic E-state index is 0.239. The molecular formula is C9H7FN2O2. The molecule has 14 heavy (non-hydrogen) atoms. The van der Waals surface area contributed by atoms with Crippen molar-refractivity contribution in [3.05, 3.63) is 34.1 Å². The van der Waals surface area contributed by atoms with Gasteiger partial charge in [-0.3, -0.25) is 10.1 Å². The van der Waals surface area contributed by atoms with Crippen molar-refractivity contribution >= 4 is 11.4 Å². The summed E-state index contributed by atoms with van der Waals surface area (Å²) < 4.78 is 12.8. The van der Waals surface area contributed by atoms with E-state index in [9.17, 15) is 14.5 Å². The zero-order chi connectivity index (χ0) is 10.6. The van der Waals surface area contributed by atoms with Crippen molar-refractivity contribution in [2.75, 3.05) is 11.9 Å². The number of rotatable bonds is 3. The van der Waals surface area contributed by atoms with E-state index in [0.29, 0.717) is 5.69 Å². The Morgan fingerprint density at radius 2 is 2.36 bits per heavy atom. The van der Waals surface area contributed by atoms with E-state index < -0.39 is 16.4 Å². The molecule has 0 spiro atoms. The van der Waals surface area contributed by atoms with E-state index in [4.69, 9.17) is 6.42 Å². The van der Waals surface area contributed by atoms with Gasteiger partial charge in [0.15, 0.2) is 0 Å². The Morgan fingerprint density at radius 1 is 1.64 bits per heavy atom. The second kappa shape index (κ2) is 4.23. The number of halogens is 1. The van der Waals surface area contributed by atoms with E-state index in [1.165, 1.54) is 6.07 Å². The molecular weight excluding hydrogens is 187 g/mol. The van der Waals surface area contributed by atoms with E-state index in [1.807, 2.05) is 0 Å². The Morgan fingerprint density at radius 3 is 2.93 bits per heavy atom. The third kappa shape index (κ3) is 2.20. The number of nitrogens with one attached hydrogen (secondary N) is 1. The molecule has 0 heterocycles. The van der Waals surface area contributed by atoms with Gasteiger partial charge in [0.05, 0.1) is 11.5 Å². The van der Waals surface area contributed by atoms with Crippen LogP contribution in [0.25, 0.3) is 0 Å². The third-order valence-corrected chi connectivity index (χ3v) is 1.54. The number of hydrogen-bond acceptors (Lipinski definition) is 3. The van der Waals surface area contributed by atoms with Crippen molar-refractivity contribution in [3.63, 3.8) is 0 Å². The first kappa shape index (κ1) is 9.99. The van der Waals surface area contributed by atoms with Crippen molar-refractivity contribution in [1.29, 1.82) is 0 Å². The van der Waals surface area contributed by atoms with Gasteiger partial charge < -0.3 is 5.32 Å². The first-order valence-electron chi connectivity index (χ1n) is 3.76. The molecule has 0 aliphatic carbocycles. The highest BCUT2D eigenvalue weighted by molar-refractivity contribution is 5.52. The Hall–Kier alpha value is -2.09. The molecule has 0 unspecified atom stereocenters. The average molecular weight is 194 g/mol. The average Bonchev–Trinajstić information content (AvgIpc) is 2.16. The van der Waals surface area contributed by atoms with Crippen LogP contribution in [0.4, 0.5) is 15.8 Å². The zero-order valence-electron chi connectivity index (χ0n) is 7.16. The number of hydrogen-bond donors (Lipinski definition) is 1. The van der Waals surface area contributed by atoms with Crippen molar-refractivity contribution < 1.29 is 9.31 Å². The number of nitrogens with zero attached hydrogens (tertiary/aromatic N) is 1. The molecule has 1 aromatic rings. The van der Waals surface area contributed by atoms with Crippen LogP contribution in [0.5, 0.6) is 0 Å². The number of benzene rings is 1. The summed E-state index contributed by atoms with van der Waals surface area (Å²) in [5.74, 6) is 1.44. The van der Waals surface area contributed by atoms with E-state index in [1.54, 1.807) is 0 Å². The predicted octanol–water partition coefficient (Wildman–Crippen LogP) is 1.78. The summed E-state index contributed by atoms with van der Waals surface area (Å²) in [5.41, 5.74) is -0.136. The number of nitro groups is 1. The van der Waals surface area contributed by atoms with Crippen LogP contribution in [0, 0.1) is 28.3 Å². The summed E-state index contributed by atoms with van der Waals surface area (Å²) in [7, 11) is 0. The molecule has 0 aliphatic rings. The van der Waals surface area contributed by atoms with E-state index >= 15 is 0 Å². The summed E-state index contributed by atoms with van der Waals surface area (Å²) in [4.78, 5) is 9.56. The van der Waals surface area contributed by atoms with Crippen molar-refractivity contribution in [3.8, 4) is 12.3 Å². The van der Waals surface area contributed by atoms with Crippen molar-refractivity contribution in [2.24, 2.45) is 0 Å². The summed E-state index contributed by atoms with van der Waals surface area (Å²) in [6.45, 7) is 0.239. The Labute approximate surface area is 79.9 Å². The minimum atomic E-state index is -0.860. The molecule has 72 valence electrons. The standard InChI is InChI=1S/C9H7FN2O2/c1-2-5-11-7-3-4-8(10)9(6-7)12(13)14/h1,3-4,6,11H,5H2. The lowest BCUT2D eigenvalue weighted by atomic mass is 10.2. The fourth-order valence-electron chi connectivity index (χ4n) is 0.916. The summed E-state index contributed by atoms with van der Waals surface area (Å²) in [5, 5.41) is 13.1. The molecule has 0 amide bonds. The van der Waals surface area contributed by atoms with Gasteiger partial charge in [0.25, 0.3) is 0 Å². The van der Waals surface area contributed by atoms with Gasteiger partial charge in [-0.05, 0) is 12.1 Å². The van der Waals surface area contributed by atoms with Gasteiger partial charge in [-0.15, -0.1) is 6.42 Å². The molecule has 0 radical (unpaired) electrons. The second-order valence-electron chi connectivity index (χ2n) is 2.48. The lowest BCUT2D eigenvalue weighted by Crippen LogP contribution is -2.00. The molecule has 0 saturated carbocycles. The lowest BCUT2D eigenvalue weighted by molar-refractivity contribution is -0.387. The molecule has 5 heteroatoms. The molecule has 0 aliphatic heterocycles. The maximum atomic E-state index is 12.8. The van der Waals surface area contributed by atoms with Gasteiger partial charge in [0.1, 0.15) is 0 Å². The van der Waals surface area contributed by atoms with Crippen molar-refractivity contribution in [2.45, 2.75) is 0 Å². The molecule has 1 N–H and O–H groups in total. The van der Waals surface area contributed by atoms with Crippen LogP contribution in [0.1, 0.15) is 0 Å². The topological polar surface area (TPSA) is 55.2 Å². The monoisotopic (exact) mass is 194 g/mol. The van der Waals surface area contributed by atoms with Crippen LogP contribution >= 0.6 is 0 Å². The molecule has 4 nitrogen and oxygen atoms in total. The summed E-state index contributed by atoms with van der Waals surface area (Å²) in [6.07, 6.45) is 4.98. The van der Waals surface area contributed by atoms with Crippen LogP contribution in [0.15, 0.2) is 18.2 Å². The van der Waals surface area contributed by atoms with Gasteiger partial charge in [0.2, 0.25) is 5.82 Å². The van der Waals surface area contributed by atoms with Gasteiger partial charge in [-0.1, -0.05) is 5.92 Å². The maximum Gasteiger partial charge on any atom is 0.306 e. The van der Waals surface area contributed by atoms with E-state index in [0.717, 1.165) is 12.1 Å². The zero-order valence-corrected chi connectivity index (χ0v) is 7.16. The van der Waals surface area contributed by atoms with Gasteiger partial charge in [0, 0.05) is 11.8 Å². The molecule has 1 rings (SSSR count). The number of terminal acetylenes is 1. The summed E-state index contributed by atoms with van der Waals surface area (Å²) >= 11 is 0. The smallest absolute Gasteiger partial charge is 0.306 e. The Balaban J connectivity index is 2.96. The minimum Gasteiger partial charge on any atom is -0.374 e. The van der Waals surface area contributed by atoms with Gasteiger partial charge in [-0.25, -0.2) is 0 Å². The molecule has 0 atom stereocenters. The molecule has 0 fully saturated rings. The number of nitro benzene ring substituents is 1. The molecule has 1 aromatic carbocycles. The molecule has 0 saturated heterocycles. The highest BCUT2D eigenvalue weighted by atomic mass is 19.1.